The lowest BCUT2D eigenvalue weighted by atomic mass is 10.1. The van der Waals surface area contributed by atoms with Crippen LogP contribution in [0.2, 0.25) is 0 Å². The van der Waals surface area contributed by atoms with E-state index in [1.807, 2.05) is 0 Å². The fraction of sp³-hybridized carbons (Fsp3) is 0.200. The zero-order chi connectivity index (χ0) is 14.7. The number of hydrogen-bond donors (Lipinski definition) is 1. The Bertz CT molecular complexity index is 593. The Balaban J connectivity index is 2.25. The fourth-order valence-corrected chi connectivity index (χ4v) is 1.89. The third-order valence-corrected chi connectivity index (χ3v) is 2.96. The van der Waals surface area contributed by atoms with Crippen LogP contribution in [0.4, 0.5) is 18.9 Å². The molecule has 1 atom stereocenters. The molecule has 106 valence electrons. The van der Waals surface area contributed by atoms with Crippen molar-refractivity contribution in [2.24, 2.45) is 0 Å². The van der Waals surface area contributed by atoms with Crippen LogP contribution in [0, 0.1) is 17.5 Å². The van der Waals surface area contributed by atoms with Gasteiger partial charge in [-0.25, -0.2) is 13.2 Å². The average Bonchev–Trinajstić information content (AvgIpc) is 2.42. The SMILES string of the molecule is COc1cccc(C(C)Nc2c(F)cc(F)cc2F)c1. The van der Waals surface area contributed by atoms with Gasteiger partial charge in [0.05, 0.1) is 7.11 Å². The van der Waals surface area contributed by atoms with Crippen LogP contribution in [0.25, 0.3) is 0 Å². The molecule has 2 aromatic carbocycles. The molecule has 0 saturated heterocycles. The van der Waals surface area contributed by atoms with E-state index in [0.29, 0.717) is 17.9 Å². The highest BCUT2D eigenvalue weighted by atomic mass is 19.1. The first-order valence-corrected chi connectivity index (χ1v) is 6.06. The fourth-order valence-electron chi connectivity index (χ4n) is 1.89. The molecule has 1 unspecified atom stereocenters. The third-order valence-electron chi connectivity index (χ3n) is 2.96. The zero-order valence-corrected chi connectivity index (χ0v) is 11.1. The summed E-state index contributed by atoms with van der Waals surface area (Å²) in [6.45, 7) is 1.75. The van der Waals surface area contributed by atoms with Crippen molar-refractivity contribution in [3.05, 3.63) is 59.4 Å². The van der Waals surface area contributed by atoms with Gasteiger partial charge in [-0.2, -0.15) is 0 Å². The van der Waals surface area contributed by atoms with E-state index >= 15 is 0 Å². The Morgan fingerprint density at radius 2 is 1.70 bits per heavy atom. The van der Waals surface area contributed by atoms with Gasteiger partial charge in [0.1, 0.15) is 17.3 Å². The molecule has 20 heavy (non-hydrogen) atoms. The van der Waals surface area contributed by atoms with Crippen LogP contribution in [-0.2, 0) is 0 Å². The molecule has 2 rings (SSSR count). The Hall–Kier alpha value is -2.17. The maximum Gasteiger partial charge on any atom is 0.152 e. The summed E-state index contributed by atoms with van der Waals surface area (Å²) in [7, 11) is 1.54. The average molecular weight is 281 g/mol. The number of anilines is 1. The molecule has 0 amide bonds. The molecular formula is C15H14F3NO. The van der Waals surface area contributed by atoms with E-state index in [4.69, 9.17) is 4.74 Å². The second kappa shape index (κ2) is 5.86. The highest BCUT2D eigenvalue weighted by molar-refractivity contribution is 5.48. The summed E-state index contributed by atoms with van der Waals surface area (Å²) in [6.07, 6.45) is 0. The lowest BCUT2D eigenvalue weighted by molar-refractivity contribution is 0.414. The van der Waals surface area contributed by atoms with Crippen LogP contribution in [0.15, 0.2) is 36.4 Å². The largest absolute Gasteiger partial charge is 0.497 e. The van der Waals surface area contributed by atoms with E-state index in [1.165, 1.54) is 7.11 Å². The topological polar surface area (TPSA) is 21.3 Å². The van der Waals surface area contributed by atoms with Crippen LogP contribution in [0.5, 0.6) is 5.75 Å². The summed E-state index contributed by atoms with van der Waals surface area (Å²) in [5, 5.41) is 2.70. The second-order valence-corrected chi connectivity index (χ2v) is 4.39. The lowest BCUT2D eigenvalue weighted by Crippen LogP contribution is -2.10. The second-order valence-electron chi connectivity index (χ2n) is 4.39. The molecule has 5 heteroatoms. The molecule has 0 aromatic heterocycles. The highest BCUT2D eigenvalue weighted by Gasteiger charge is 2.15. The van der Waals surface area contributed by atoms with Gasteiger partial charge >= 0.3 is 0 Å². The summed E-state index contributed by atoms with van der Waals surface area (Å²) in [6, 6.07) is 8.04. The van der Waals surface area contributed by atoms with Gasteiger partial charge in [-0.1, -0.05) is 12.1 Å². The van der Waals surface area contributed by atoms with Gasteiger partial charge in [0, 0.05) is 18.2 Å². The summed E-state index contributed by atoms with van der Waals surface area (Å²) in [5.41, 5.74) is 0.453. The van der Waals surface area contributed by atoms with E-state index < -0.39 is 17.5 Å². The smallest absolute Gasteiger partial charge is 0.152 e. The molecule has 0 spiro atoms. The van der Waals surface area contributed by atoms with Gasteiger partial charge in [-0.05, 0) is 24.6 Å². The lowest BCUT2D eigenvalue weighted by Gasteiger charge is -2.17. The molecule has 0 aliphatic rings. The van der Waals surface area contributed by atoms with E-state index in [2.05, 4.69) is 5.32 Å². The molecule has 0 aliphatic carbocycles. The predicted molar refractivity (Wildman–Crippen MR) is 71.3 cm³/mol. The number of ether oxygens (including phenoxy) is 1. The van der Waals surface area contributed by atoms with Crippen molar-refractivity contribution in [3.63, 3.8) is 0 Å². The highest BCUT2D eigenvalue weighted by Crippen LogP contribution is 2.26. The van der Waals surface area contributed by atoms with Crippen LogP contribution in [0.3, 0.4) is 0 Å². The van der Waals surface area contributed by atoms with Crippen LogP contribution < -0.4 is 10.1 Å². The van der Waals surface area contributed by atoms with Crippen molar-refractivity contribution in [3.8, 4) is 5.75 Å². The number of rotatable bonds is 4. The van der Waals surface area contributed by atoms with Crippen LogP contribution >= 0.6 is 0 Å². The normalized spacial score (nSPS) is 12.1. The first kappa shape index (κ1) is 14.2. The summed E-state index contributed by atoms with van der Waals surface area (Å²) < 4.78 is 45.1. The molecule has 1 N–H and O–H groups in total. The first-order chi connectivity index (χ1) is 9.51. The standard InChI is InChI=1S/C15H14F3NO/c1-9(10-4-3-5-12(6-10)20-2)19-15-13(17)7-11(16)8-14(15)18/h3-9,19H,1-2H3. The van der Waals surface area contributed by atoms with Crippen molar-refractivity contribution < 1.29 is 17.9 Å². The van der Waals surface area contributed by atoms with Gasteiger partial charge in [0.15, 0.2) is 11.6 Å². The van der Waals surface area contributed by atoms with Crippen molar-refractivity contribution >= 4 is 5.69 Å². The van der Waals surface area contributed by atoms with E-state index in [1.54, 1.807) is 31.2 Å². The van der Waals surface area contributed by atoms with Crippen molar-refractivity contribution in [1.29, 1.82) is 0 Å². The Morgan fingerprint density at radius 3 is 2.30 bits per heavy atom. The first-order valence-electron chi connectivity index (χ1n) is 6.06. The van der Waals surface area contributed by atoms with E-state index in [-0.39, 0.29) is 11.7 Å². The minimum atomic E-state index is -0.961. The Morgan fingerprint density at radius 1 is 1.05 bits per heavy atom. The third kappa shape index (κ3) is 3.04. The molecule has 0 heterocycles. The molecule has 0 fully saturated rings. The van der Waals surface area contributed by atoms with Gasteiger partial charge in [0.2, 0.25) is 0 Å². The van der Waals surface area contributed by atoms with Crippen LogP contribution in [-0.4, -0.2) is 7.11 Å². The Kier molecular flexibility index (Phi) is 4.17. The zero-order valence-electron chi connectivity index (χ0n) is 11.1. The van der Waals surface area contributed by atoms with Gasteiger partial charge < -0.3 is 10.1 Å². The summed E-state index contributed by atoms with van der Waals surface area (Å²) in [4.78, 5) is 0. The van der Waals surface area contributed by atoms with Gasteiger partial charge in [-0.15, -0.1) is 0 Å². The summed E-state index contributed by atoms with van der Waals surface area (Å²) in [5.74, 6) is -2.22. The number of methoxy groups -OCH3 is 1. The van der Waals surface area contributed by atoms with E-state index in [9.17, 15) is 13.2 Å². The van der Waals surface area contributed by atoms with Crippen molar-refractivity contribution in [1.82, 2.24) is 0 Å². The number of hydrogen-bond acceptors (Lipinski definition) is 2. The van der Waals surface area contributed by atoms with Gasteiger partial charge in [0.25, 0.3) is 0 Å². The Labute approximate surface area is 115 Å². The maximum absolute atomic E-state index is 13.6. The minimum Gasteiger partial charge on any atom is -0.497 e. The van der Waals surface area contributed by atoms with Gasteiger partial charge in [-0.3, -0.25) is 0 Å². The molecule has 0 radical (unpaired) electrons. The number of halogens is 3. The predicted octanol–water partition coefficient (Wildman–Crippen LogP) is 4.29. The minimum absolute atomic E-state index is 0.346. The molecule has 2 nitrogen and oxygen atoms in total. The number of nitrogens with one attached hydrogen (secondary N) is 1. The maximum atomic E-state index is 13.6. The molecule has 0 saturated carbocycles. The molecule has 0 aliphatic heterocycles. The van der Waals surface area contributed by atoms with Crippen LogP contribution in [0.1, 0.15) is 18.5 Å². The van der Waals surface area contributed by atoms with E-state index in [0.717, 1.165) is 5.56 Å². The quantitative estimate of drug-likeness (QED) is 0.902. The molecule has 2 aromatic rings. The van der Waals surface area contributed by atoms with Crippen molar-refractivity contribution in [2.45, 2.75) is 13.0 Å². The summed E-state index contributed by atoms with van der Waals surface area (Å²) >= 11 is 0. The number of benzene rings is 2. The monoisotopic (exact) mass is 281 g/mol. The molecular weight excluding hydrogens is 267 g/mol. The molecule has 0 bridgehead atoms. The van der Waals surface area contributed by atoms with Crippen molar-refractivity contribution in [2.75, 3.05) is 12.4 Å².